The summed E-state index contributed by atoms with van der Waals surface area (Å²) >= 11 is 6.09. The van der Waals surface area contributed by atoms with Crippen molar-refractivity contribution < 1.29 is 9.22 Å². The van der Waals surface area contributed by atoms with Crippen molar-refractivity contribution in [3.63, 3.8) is 0 Å². The summed E-state index contributed by atoms with van der Waals surface area (Å²) in [5, 5.41) is 9.51. The maximum atomic E-state index is 6.09. The molecule has 0 bridgehead atoms. The van der Waals surface area contributed by atoms with Gasteiger partial charge in [-0.15, -0.1) is 5.10 Å². The summed E-state index contributed by atoms with van der Waals surface area (Å²) in [6.45, 7) is 7.01. The second-order valence-electron chi connectivity index (χ2n) is 7.43. The predicted molar refractivity (Wildman–Crippen MR) is 89.3 cm³/mol. The first-order valence-corrected chi connectivity index (χ1v) is 8.45. The van der Waals surface area contributed by atoms with Crippen LogP contribution in [0.25, 0.3) is 11.0 Å². The Morgan fingerprint density at radius 1 is 1.30 bits per heavy atom. The summed E-state index contributed by atoms with van der Waals surface area (Å²) in [6, 6.07) is 5.81. The number of ether oxygens (including phenoxy) is 1. The van der Waals surface area contributed by atoms with E-state index in [1.165, 1.54) is 0 Å². The van der Waals surface area contributed by atoms with Gasteiger partial charge in [0.1, 0.15) is 17.6 Å². The highest BCUT2D eigenvalue weighted by atomic mass is 35.5. The first kappa shape index (κ1) is 15.3. The first-order valence-electron chi connectivity index (χ1n) is 8.08. The molecule has 6 nitrogen and oxygen atoms in total. The predicted octanol–water partition coefficient (Wildman–Crippen LogP) is 1.76. The number of halogens is 1. The van der Waals surface area contributed by atoms with E-state index >= 15 is 0 Å². The lowest BCUT2D eigenvalue weighted by atomic mass is 9.82. The summed E-state index contributed by atoms with van der Waals surface area (Å²) in [5.74, 6) is 0. The number of fused-ring (bicyclic) bond motifs is 1. The van der Waals surface area contributed by atoms with Gasteiger partial charge >= 0.3 is 0 Å². The van der Waals surface area contributed by atoms with E-state index in [1.807, 2.05) is 18.2 Å². The van der Waals surface area contributed by atoms with Gasteiger partial charge in [-0.05, 0) is 25.1 Å². The monoisotopic (exact) mass is 336 g/mol. The Kier molecular flexibility index (Phi) is 3.43. The Hall–Kier alpha value is -1.21. The maximum Gasteiger partial charge on any atom is 0.210 e. The Morgan fingerprint density at radius 2 is 2.04 bits per heavy atom. The largest absolute Gasteiger partial charge is 0.379 e. The molecule has 2 atom stereocenters. The molecule has 0 amide bonds. The number of likely N-dealkylation sites (tertiary alicyclic amines) is 1. The maximum absolute atomic E-state index is 6.09. The van der Waals surface area contributed by atoms with Crippen LogP contribution in [0, 0.1) is 0 Å². The second-order valence-corrected chi connectivity index (χ2v) is 7.87. The van der Waals surface area contributed by atoms with E-state index in [9.17, 15) is 0 Å². The number of aromatic nitrogens is 3. The molecule has 4 rings (SSSR count). The number of hydrogen-bond acceptors (Lipinski definition) is 4. The van der Waals surface area contributed by atoms with Gasteiger partial charge in [-0.3, -0.25) is 4.90 Å². The Balaban J connectivity index is 1.76. The molecule has 1 unspecified atom stereocenters. The third kappa shape index (κ3) is 2.28. The summed E-state index contributed by atoms with van der Waals surface area (Å²) < 4.78 is 8.51. The lowest BCUT2D eigenvalue weighted by molar-refractivity contribution is -0.989. The van der Waals surface area contributed by atoms with Crippen molar-refractivity contribution in [1.82, 2.24) is 19.9 Å². The zero-order valence-electron chi connectivity index (χ0n) is 13.9. The van der Waals surface area contributed by atoms with E-state index in [1.54, 1.807) is 0 Å². The van der Waals surface area contributed by atoms with Gasteiger partial charge < -0.3 is 9.22 Å². The van der Waals surface area contributed by atoms with Crippen LogP contribution < -0.4 is 0 Å². The molecule has 0 radical (unpaired) electrons. The summed E-state index contributed by atoms with van der Waals surface area (Å²) in [6.07, 6.45) is 0.228. The molecule has 7 heteroatoms. The quantitative estimate of drug-likeness (QED) is 0.784. The molecule has 1 aromatic heterocycles. The molecule has 3 heterocycles. The smallest absolute Gasteiger partial charge is 0.210 e. The number of benzene rings is 1. The topological polar surface area (TPSA) is 43.2 Å². The van der Waals surface area contributed by atoms with Crippen molar-refractivity contribution in [2.24, 2.45) is 0 Å². The number of nitrogens with zero attached hydrogens (tertiary/aromatic N) is 5. The molecule has 2 aliphatic rings. The number of rotatable bonds is 2. The van der Waals surface area contributed by atoms with Crippen molar-refractivity contribution in [3.05, 3.63) is 23.2 Å². The Labute approximate surface area is 141 Å². The summed E-state index contributed by atoms with van der Waals surface area (Å²) in [7, 11) is 4.52. The van der Waals surface area contributed by atoms with Crippen LogP contribution in [0.3, 0.4) is 0 Å². The van der Waals surface area contributed by atoms with E-state index in [0.29, 0.717) is 5.02 Å². The third-order valence-corrected chi connectivity index (χ3v) is 5.58. The van der Waals surface area contributed by atoms with Crippen LogP contribution in [0.1, 0.15) is 13.1 Å². The molecule has 2 aromatic rings. The average molecular weight is 337 g/mol. The molecule has 2 fully saturated rings. The molecular weight excluding hydrogens is 314 g/mol. The van der Waals surface area contributed by atoms with E-state index in [4.69, 9.17) is 16.3 Å². The molecule has 2 aliphatic heterocycles. The van der Waals surface area contributed by atoms with Crippen LogP contribution in [0.15, 0.2) is 18.2 Å². The fourth-order valence-corrected chi connectivity index (χ4v) is 4.79. The molecule has 124 valence electrons. The fourth-order valence-electron chi connectivity index (χ4n) is 4.63. The van der Waals surface area contributed by atoms with Crippen LogP contribution >= 0.6 is 11.6 Å². The molecule has 0 aliphatic carbocycles. The van der Waals surface area contributed by atoms with Crippen molar-refractivity contribution in [2.45, 2.75) is 18.6 Å². The Morgan fingerprint density at radius 3 is 2.74 bits per heavy atom. The van der Waals surface area contributed by atoms with Crippen LogP contribution in [0.5, 0.6) is 0 Å². The molecule has 1 aromatic carbocycles. The average Bonchev–Trinajstić information content (AvgIpc) is 2.89. The standard InChI is InChI=1S/C16H23ClN5O/c1-16(20-6-8-23-9-7-20)11-22(2,3)15(16)21-14-5-4-12(17)10-13(14)18-19-21/h4-5,10,15H,6-9,11H2,1-3H3/q+1/t15?,16-/m0/s1. The van der Waals surface area contributed by atoms with Gasteiger partial charge in [0.25, 0.3) is 0 Å². The molecule has 0 N–H and O–H groups in total. The minimum Gasteiger partial charge on any atom is -0.379 e. The molecule has 23 heavy (non-hydrogen) atoms. The highest BCUT2D eigenvalue weighted by Crippen LogP contribution is 2.47. The van der Waals surface area contributed by atoms with Crippen molar-refractivity contribution in [2.75, 3.05) is 46.9 Å². The molecular formula is C16H23ClN5O+. The van der Waals surface area contributed by atoms with Gasteiger partial charge in [0.2, 0.25) is 6.17 Å². The van der Waals surface area contributed by atoms with E-state index < -0.39 is 0 Å². The molecule has 2 saturated heterocycles. The summed E-state index contributed by atoms with van der Waals surface area (Å²) in [4.78, 5) is 2.55. The Bertz CT molecular complexity index is 739. The molecule has 0 saturated carbocycles. The van der Waals surface area contributed by atoms with Crippen molar-refractivity contribution in [3.8, 4) is 0 Å². The number of likely N-dealkylation sites (N-methyl/N-ethyl adjacent to an activating group) is 1. The number of quaternary nitrogens is 1. The van der Waals surface area contributed by atoms with E-state index in [0.717, 1.165) is 48.4 Å². The van der Waals surface area contributed by atoms with Crippen LogP contribution in [-0.4, -0.2) is 76.9 Å². The van der Waals surface area contributed by atoms with Crippen molar-refractivity contribution in [1.29, 1.82) is 0 Å². The van der Waals surface area contributed by atoms with Crippen LogP contribution in [-0.2, 0) is 4.74 Å². The fraction of sp³-hybridized carbons (Fsp3) is 0.625. The zero-order chi connectivity index (χ0) is 16.2. The first-order chi connectivity index (χ1) is 10.9. The van der Waals surface area contributed by atoms with Gasteiger partial charge in [0.15, 0.2) is 0 Å². The van der Waals surface area contributed by atoms with Gasteiger partial charge in [-0.25, -0.2) is 0 Å². The minimum atomic E-state index is 0.0630. The minimum absolute atomic E-state index is 0.0630. The van der Waals surface area contributed by atoms with Crippen LogP contribution in [0.4, 0.5) is 0 Å². The second kappa shape index (κ2) is 5.14. The normalized spacial score (nSPS) is 31.2. The van der Waals surface area contributed by atoms with E-state index in [2.05, 4.69) is 40.9 Å². The number of hydrogen-bond donors (Lipinski definition) is 0. The van der Waals surface area contributed by atoms with Gasteiger partial charge in [-0.2, -0.15) is 4.68 Å². The highest BCUT2D eigenvalue weighted by molar-refractivity contribution is 6.31. The zero-order valence-corrected chi connectivity index (χ0v) is 14.6. The lowest BCUT2D eigenvalue weighted by Gasteiger charge is -2.62. The van der Waals surface area contributed by atoms with Crippen LogP contribution in [0.2, 0.25) is 5.02 Å². The molecule has 0 spiro atoms. The van der Waals surface area contributed by atoms with Gasteiger partial charge in [-0.1, -0.05) is 16.8 Å². The van der Waals surface area contributed by atoms with Gasteiger partial charge in [0.05, 0.1) is 32.8 Å². The highest BCUT2D eigenvalue weighted by Gasteiger charge is 2.63. The van der Waals surface area contributed by atoms with Crippen molar-refractivity contribution >= 4 is 22.6 Å². The SMILES string of the molecule is C[C@]1(N2CCOCC2)C[N+](C)(C)C1n1nnc2cc(Cl)ccc21. The summed E-state index contributed by atoms with van der Waals surface area (Å²) in [5.41, 5.74) is 1.96. The van der Waals surface area contributed by atoms with E-state index in [-0.39, 0.29) is 11.7 Å². The number of morpholine rings is 1. The lowest BCUT2D eigenvalue weighted by Crippen LogP contribution is -2.78. The third-order valence-electron chi connectivity index (χ3n) is 5.34. The van der Waals surface area contributed by atoms with Gasteiger partial charge in [0, 0.05) is 18.1 Å².